The van der Waals surface area contributed by atoms with E-state index in [0.29, 0.717) is 0 Å². The highest BCUT2D eigenvalue weighted by Gasteiger charge is 2.06. The highest BCUT2D eigenvalue weighted by atomic mass is 32.1. The van der Waals surface area contributed by atoms with E-state index in [1.54, 1.807) is 30.1 Å². The lowest BCUT2D eigenvalue weighted by Gasteiger charge is -1.99. The number of rotatable bonds is 3. The molecule has 0 radical (unpaired) electrons. The first kappa shape index (κ1) is 10.9. The normalized spacial score (nSPS) is 11.4. The van der Waals surface area contributed by atoms with Crippen LogP contribution in [0.2, 0.25) is 0 Å². The number of hydrogen-bond donors (Lipinski definition) is 1. The third kappa shape index (κ3) is 1.98. The Morgan fingerprint density at radius 2 is 2.39 bits per heavy atom. The quantitative estimate of drug-likeness (QED) is 0.579. The summed E-state index contributed by atoms with van der Waals surface area (Å²) in [5, 5.41) is 6.18. The fraction of sp³-hybridized carbons (Fsp3) is 0.0833. The van der Waals surface area contributed by atoms with Crippen LogP contribution in [0.1, 0.15) is 11.1 Å². The Morgan fingerprint density at radius 1 is 1.44 bits per heavy atom. The van der Waals surface area contributed by atoms with Crippen LogP contribution in [0.25, 0.3) is 10.2 Å². The average molecular weight is 258 g/mol. The molecule has 0 aromatic carbocycles. The Kier molecular flexibility index (Phi) is 2.77. The predicted molar refractivity (Wildman–Crippen MR) is 72.1 cm³/mol. The van der Waals surface area contributed by atoms with Gasteiger partial charge in [0.1, 0.15) is 6.33 Å². The van der Waals surface area contributed by atoms with Crippen LogP contribution in [0, 0.1) is 6.92 Å². The largest absolute Gasteiger partial charge is 0.472 e. The van der Waals surface area contributed by atoms with Crippen LogP contribution in [0.15, 0.2) is 39.8 Å². The lowest BCUT2D eigenvalue weighted by molar-refractivity contribution is 0.567. The Bertz CT molecular complexity index is 687. The lowest BCUT2D eigenvalue weighted by Crippen LogP contribution is -1.94. The molecule has 0 atom stereocenters. The van der Waals surface area contributed by atoms with Crippen LogP contribution in [0.4, 0.5) is 5.82 Å². The number of aromatic nitrogens is 2. The molecule has 1 N–H and O–H groups in total. The van der Waals surface area contributed by atoms with Crippen LogP contribution in [-0.2, 0) is 0 Å². The molecule has 0 aliphatic carbocycles. The SMILES string of the molecule is Cc1csc2c(NN=Cc3ccoc3)ncnc12. The summed E-state index contributed by atoms with van der Waals surface area (Å²) in [5.74, 6) is 0.720. The van der Waals surface area contributed by atoms with E-state index in [-0.39, 0.29) is 0 Å². The molecular weight excluding hydrogens is 248 g/mol. The third-order valence-electron chi connectivity index (χ3n) is 2.46. The van der Waals surface area contributed by atoms with E-state index < -0.39 is 0 Å². The van der Waals surface area contributed by atoms with Crippen molar-refractivity contribution in [3.8, 4) is 0 Å². The van der Waals surface area contributed by atoms with Gasteiger partial charge in [-0.25, -0.2) is 9.97 Å². The van der Waals surface area contributed by atoms with Gasteiger partial charge >= 0.3 is 0 Å². The molecule has 0 fully saturated rings. The number of fused-ring (bicyclic) bond motifs is 1. The van der Waals surface area contributed by atoms with Crippen LogP contribution < -0.4 is 5.43 Å². The standard InChI is InChI=1S/C12H10N4OS/c1-8-6-18-11-10(8)13-7-14-12(11)16-15-4-9-2-3-17-5-9/h2-7H,1H3,(H,13,14,16). The maximum atomic E-state index is 4.95. The Hall–Kier alpha value is -2.21. The summed E-state index contributed by atoms with van der Waals surface area (Å²) in [6.07, 6.45) is 6.44. The van der Waals surface area contributed by atoms with Gasteiger partial charge in [0.15, 0.2) is 5.82 Å². The van der Waals surface area contributed by atoms with Crippen molar-refractivity contribution < 1.29 is 4.42 Å². The maximum absolute atomic E-state index is 4.95. The van der Waals surface area contributed by atoms with E-state index >= 15 is 0 Å². The van der Waals surface area contributed by atoms with Gasteiger partial charge in [-0.2, -0.15) is 5.10 Å². The van der Waals surface area contributed by atoms with E-state index in [1.165, 1.54) is 6.33 Å². The fourth-order valence-electron chi connectivity index (χ4n) is 1.57. The van der Waals surface area contributed by atoms with Gasteiger partial charge in [0.2, 0.25) is 0 Å². The lowest BCUT2D eigenvalue weighted by atomic mass is 10.3. The van der Waals surface area contributed by atoms with E-state index in [0.717, 1.165) is 27.2 Å². The summed E-state index contributed by atoms with van der Waals surface area (Å²) in [6, 6.07) is 1.83. The van der Waals surface area contributed by atoms with Gasteiger partial charge in [0.05, 0.1) is 29.0 Å². The molecule has 0 aliphatic heterocycles. The number of furan rings is 1. The fourth-order valence-corrected chi connectivity index (χ4v) is 2.51. The molecule has 0 saturated heterocycles. The highest BCUT2D eigenvalue weighted by molar-refractivity contribution is 7.18. The molecule has 18 heavy (non-hydrogen) atoms. The Morgan fingerprint density at radius 3 is 3.22 bits per heavy atom. The topological polar surface area (TPSA) is 63.3 Å². The van der Waals surface area contributed by atoms with Crippen molar-refractivity contribution in [2.45, 2.75) is 6.92 Å². The molecule has 6 heteroatoms. The summed E-state index contributed by atoms with van der Waals surface area (Å²) in [5.41, 5.74) is 5.95. The number of nitrogens with one attached hydrogen (secondary N) is 1. The molecule has 0 aliphatic rings. The van der Waals surface area contributed by atoms with Gasteiger partial charge in [0.25, 0.3) is 0 Å². The summed E-state index contributed by atoms with van der Waals surface area (Å²) < 4.78 is 5.96. The second kappa shape index (κ2) is 4.58. The zero-order valence-electron chi connectivity index (χ0n) is 9.62. The molecule has 0 amide bonds. The maximum Gasteiger partial charge on any atom is 0.167 e. The van der Waals surface area contributed by atoms with Crippen LogP contribution >= 0.6 is 11.3 Å². The van der Waals surface area contributed by atoms with Crippen molar-refractivity contribution in [3.63, 3.8) is 0 Å². The first-order chi connectivity index (χ1) is 8.84. The van der Waals surface area contributed by atoms with Gasteiger partial charge in [-0.05, 0) is 23.9 Å². The van der Waals surface area contributed by atoms with E-state index in [4.69, 9.17) is 4.42 Å². The molecule has 0 unspecified atom stereocenters. The highest BCUT2D eigenvalue weighted by Crippen LogP contribution is 2.28. The molecule has 3 heterocycles. The predicted octanol–water partition coefficient (Wildman–Crippen LogP) is 3.04. The second-order valence-electron chi connectivity index (χ2n) is 3.75. The zero-order chi connectivity index (χ0) is 12.4. The van der Waals surface area contributed by atoms with Crippen LogP contribution in [0.5, 0.6) is 0 Å². The Labute approximate surface area is 107 Å². The minimum atomic E-state index is 0.720. The third-order valence-corrected chi connectivity index (χ3v) is 3.55. The van der Waals surface area contributed by atoms with Crippen molar-refractivity contribution in [1.29, 1.82) is 0 Å². The van der Waals surface area contributed by atoms with Crippen molar-refractivity contribution in [3.05, 3.63) is 41.4 Å². The molecule has 0 saturated carbocycles. The van der Waals surface area contributed by atoms with Crippen LogP contribution in [-0.4, -0.2) is 16.2 Å². The van der Waals surface area contributed by atoms with Crippen molar-refractivity contribution in [2.75, 3.05) is 5.43 Å². The second-order valence-corrected chi connectivity index (χ2v) is 4.63. The summed E-state index contributed by atoms with van der Waals surface area (Å²) >= 11 is 1.61. The molecular formula is C12H10N4OS. The number of thiophene rings is 1. The Balaban J connectivity index is 1.87. The molecule has 3 aromatic heterocycles. The number of hydrazone groups is 1. The van der Waals surface area contributed by atoms with E-state index in [1.807, 2.05) is 13.0 Å². The van der Waals surface area contributed by atoms with Gasteiger partial charge in [-0.3, -0.25) is 5.43 Å². The molecule has 0 bridgehead atoms. The summed E-state index contributed by atoms with van der Waals surface area (Å²) in [4.78, 5) is 8.44. The minimum absolute atomic E-state index is 0.720. The van der Waals surface area contributed by atoms with Crippen molar-refractivity contribution in [1.82, 2.24) is 9.97 Å². The molecule has 5 nitrogen and oxygen atoms in total. The van der Waals surface area contributed by atoms with Crippen LogP contribution in [0.3, 0.4) is 0 Å². The average Bonchev–Trinajstić information content (AvgIpc) is 3.01. The van der Waals surface area contributed by atoms with Gasteiger partial charge in [-0.15, -0.1) is 11.3 Å². The first-order valence-electron chi connectivity index (χ1n) is 5.34. The smallest absolute Gasteiger partial charge is 0.167 e. The minimum Gasteiger partial charge on any atom is -0.472 e. The monoisotopic (exact) mass is 258 g/mol. The number of hydrogen-bond acceptors (Lipinski definition) is 6. The first-order valence-corrected chi connectivity index (χ1v) is 6.22. The van der Waals surface area contributed by atoms with Crippen molar-refractivity contribution in [2.24, 2.45) is 5.10 Å². The molecule has 90 valence electrons. The van der Waals surface area contributed by atoms with Gasteiger partial charge in [-0.1, -0.05) is 0 Å². The van der Waals surface area contributed by atoms with E-state index in [2.05, 4.69) is 25.9 Å². The zero-order valence-corrected chi connectivity index (χ0v) is 10.4. The number of nitrogens with zero attached hydrogens (tertiary/aromatic N) is 3. The van der Waals surface area contributed by atoms with E-state index in [9.17, 15) is 0 Å². The molecule has 3 aromatic rings. The number of aryl methyl sites for hydroxylation is 1. The summed E-state index contributed by atoms with van der Waals surface area (Å²) in [6.45, 7) is 2.03. The van der Waals surface area contributed by atoms with Crippen molar-refractivity contribution >= 4 is 33.6 Å². The molecule has 0 spiro atoms. The van der Waals surface area contributed by atoms with Gasteiger partial charge in [0, 0.05) is 5.56 Å². The van der Waals surface area contributed by atoms with Gasteiger partial charge < -0.3 is 4.42 Å². The number of anilines is 1. The molecule has 3 rings (SSSR count). The summed E-state index contributed by atoms with van der Waals surface area (Å²) in [7, 11) is 0.